The van der Waals surface area contributed by atoms with Crippen molar-refractivity contribution in [3.05, 3.63) is 48.8 Å². The van der Waals surface area contributed by atoms with Gasteiger partial charge in [-0.3, -0.25) is 4.98 Å². The molecule has 0 aliphatic carbocycles. The number of rotatable bonds is 3. The molecule has 2 aromatic heterocycles. The molecular formula is C16H15NO2S2. The summed E-state index contributed by atoms with van der Waals surface area (Å²) >= 11 is 1.31. The second-order valence-corrected chi connectivity index (χ2v) is 8.94. The van der Waals surface area contributed by atoms with Gasteiger partial charge < -0.3 is 0 Å². The van der Waals surface area contributed by atoms with E-state index in [2.05, 4.69) is 4.98 Å². The maximum absolute atomic E-state index is 12.2. The van der Waals surface area contributed by atoms with Gasteiger partial charge in [-0.25, -0.2) is 8.42 Å². The standard InChI is InChI=1S/C16H15NO2S2/c1-11(2)21(18,19)16-8-7-15(20-16)14-10-17-9-12-5-3-4-6-13(12)14/h3-11H,1-2H3. The van der Waals surface area contributed by atoms with Gasteiger partial charge in [-0.15, -0.1) is 11.3 Å². The van der Waals surface area contributed by atoms with Gasteiger partial charge in [-0.2, -0.15) is 0 Å². The molecule has 0 aliphatic heterocycles. The van der Waals surface area contributed by atoms with Crippen LogP contribution in [0.2, 0.25) is 0 Å². The smallest absolute Gasteiger partial charge is 0.190 e. The summed E-state index contributed by atoms with van der Waals surface area (Å²) in [4.78, 5) is 5.18. The van der Waals surface area contributed by atoms with E-state index in [1.807, 2.05) is 36.5 Å². The molecule has 1 aromatic carbocycles. The molecule has 108 valence electrons. The van der Waals surface area contributed by atoms with E-state index in [0.29, 0.717) is 4.21 Å². The molecule has 0 spiro atoms. The zero-order valence-corrected chi connectivity index (χ0v) is 13.4. The monoisotopic (exact) mass is 317 g/mol. The van der Waals surface area contributed by atoms with Gasteiger partial charge in [-0.05, 0) is 31.4 Å². The summed E-state index contributed by atoms with van der Waals surface area (Å²) in [6, 6.07) is 11.5. The van der Waals surface area contributed by atoms with Crippen molar-refractivity contribution in [3.8, 4) is 10.4 Å². The Morgan fingerprint density at radius 1 is 1.05 bits per heavy atom. The third-order valence-electron chi connectivity index (χ3n) is 3.42. The number of fused-ring (bicyclic) bond motifs is 1. The topological polar surface area (TPSA) is 47.0 Å². The Labute approximate surface area is 128 Å². The Balaban J connectivity index is 2.15. The van der Waals surface area contributed by atoms with Crippen LogP contribution in [0, 0.1) is 0 Å². The highest BCUT2D eigenvalue weighted by Crippen LogP contribution is 2.35. The van der Waals surface area contributed by atoms with Crippen LogP contribution in [0.5, 0.6) is 0 Å². The second kappa shape index (κ2) is 5.24. The van der Waals surface area contributed by atoms with Gasteiger partial charge in [0.05, 0.1) is 5.25 Å². The van der Waals surface area contributed by atoms with Crippen molar-refractivity contribution in [2.24, 2.45) is 0 Å². The van der Waals surface area contributed by atoms with Crippen LogP contribution in [-0.4, -0.2) is 18.7 Å². The third kappa shape index (κ3) is 2.47. The van der Waals surface area contributed by atoms with Gasteiger partial charge in [0.25, 0.3) is 0 Å². The summed E-state index contributed by atoms with van der Waals surface area (Å²) in [7, 11) is -3.22. The fourth-order valence-corrected chi connectivity index (χ4v) is 4.96. The summed E-state index contributed by atoms with van der Waals surface area (Å²) in [5.74, 6) is 0. The zero-order valence-electron chi connectivity index (χ0n) is 11.8. The Kier molecular flexibility index (Phi) is 3.55. The molecule has 0 atom stereocenters. The number of sulfone groups is 1. The van der Waals surface area contributed by atoms with Crippen molar-refractivity contribution in [2.75, 3.05) is 0 Å². The largest absolute Gasteiger partial charge is 0.263 e. The Hall–Kier alpha value is -1.72. The first-order valence-corrected chi connectivity index (χ1v) is 9.03. The minimum Gasteiger partial charge on any atom is -0.263 e. The van der Waals surface area contributed by atoms with E-state index in [1.165, 1.54) is 11.3 Å². The molecule has 3 rings (SSSR count). The predicted octanol–water partition coefficient (Wildman–Crippen LogP) is 4.15. The first kappa shape index (κ1) is 14.2. The minimum atomic E-state index is -3.22. The van der Waals surface area contributed by atoms with Crippen LogP contribution in [0.1, 0.15) is 13.8 Å². The van der Waals surface area contributed by atoms with Crippen LogP contribution in [-0.2, 0) is 9.84 Å². The summed E-state index contributed by atoms with van der Waals surface area (Å²) in [6.45, 7) is 3.41. The highest BCUT2D eigenvalue weighted by Gasteiger charge is 2.21. The first-order valence-electron chi connectivity index (χ1n) is 6.67. The summed E-state index contributed by atoms with van der Waals surface area (Å²) in [6.07, 6.45) is 3.61. The van der Waals surface area contributed by atoms with Crippen LogP contribution in [0.3, 0.4) is 0 Å². The molecular weight excluding hydrogens is 302 g/mol. The Bertz CT molecular complexity index is 890. The molecule has 2 heterocycles. The van der Waals surface area contributed by atoms with E-state index in [4.69, 9.17) is 0 Å². The molecule has 0 radical (unpaired) electrons. The van der Waals surface area contributed by atoms with Crippen LogP contribution in [0.4, 0.5) is 0 Å². The molecule has 0 saturated heterocycles. The molecule has 21 heavy (non-hydrogen) atoms. The third-order valence-corrected chi connectivity index (χ3v) is 7.21. The Morgan fingerprint density at radius 2 is 1.81 bits per heavy atom. The van der Waals surface area contributed by atoms with Crippen molar-refractivity contribution in [1.29, 1.82) is 0 Å². The van der Waals surface area contributed by atoms with Crippen LogP contribution < -0.4 is 0 Å². The van der Waals surface area contributed by atoms with Gasteiger partial charge in [0, 0.05) is 28.2 Å². The van der Waals surface area contributed by atoms with E-state index in [9.17, 15) is 8.42 Å². The maximum Gasteiger partial charge on any atom is 0.190 e. The normalized spacial score (nSPS) is 12.1. The predicted molar refractivity (Wildman–Crippen MR) is 87.4 cm³/mol. The highest BCUT2D eigenvalue weighted by molar-refractivity contribution is 7.94. The lowest BCUT2D eigenvalue weighted by Crippen LogP contribution is -2.12. The van der Waals surface area contributed by atoms with E-state index >= 15 is 0 Å². The maximum atomic E-state index is 12.2. The lowest BCUT2D eigenvalue weighted by atomic mass is 10.1. The molecule has 0 fully saturated rings. The van der Waals surface area contributed by atoms with E-state index in [-0.39, 0.29) is 0 Å². The van der Waals surface area contributed by atoms with Crippen molar-refractivity contribution in [3.63, 3.8) is 0 Å². The molecule has 0 bridgehead atoms. The van der Waals surface area contributed by atoms with Crippen molar-refractivity contribution in [2.45, 2.75) is 23.3 Å². The Morgan fingerprint density at radius 3 is 2.57 bits per heavy atom. The van der Waals surface area contributed by atoms with E-state index in [1.54, 1.807) is 26.1 Å². The van der Waals surface area contributed by atoms with Crippen LogP contribution in [0.15, 0.2) is 53.0 Å². The molecule has 0 amide bonds. The fraction of sp³-hybridized carbons (Fsp3) is 0.188. The number of hydrogen-bond acceptors (Lipinski definition) is 4. The average molecular weight is 317 g/mol. The number of nitrogens with zero attached hydrogens (tertiary/aromatic N) is 1. The molecule has 0 unspecified atom stereocenters. The van der Waals surface area contributed by atoms with Crippen molar-refractivity contribution < 1.29 is 8.42 Å². The van der Waals surface area contributed by atoms with Crippen LogP contribution in [0.25, 0.3) is 21.2 Å². The van der Waals surface area contributed by atoms with Gasteiger partial charge in [0.1, 0.15) is 4.21 Å². The highest BCUT2D eigenvalue weighted by atomic mass is 32.2. The number of aromatic nitrogens is 1. The first-order chi connectivity index (χ1) is 10.00. The molecule has 5 heteroatoms. The number of hydrogen-bond donors (Lipinski definition) is 0. The van der Waals surface area contributed by atoms with E-state index < -0.39 is 15.1 Å². The van der Waals surface area contributed by atoms with Crippen molar-refractivity contribution in [1.82, 2.24) is 4.98 Å². The van der Waals surface area contributed by atoms with Gasteiger partial charge in [0.2, 0.25) is 0 Å². The molecule has 0 N–H and O–H groups in total. The molecule has 0 saturated carbocycles. The number of pyridine rings is 1. The quantitative estimate of drug-likeness (QED) is 0.729. The minimum absolute atomic E-state index is 0.408. The number of benzene rings is 1. The van der Waals surface area contributed by atoms with Gasteiger partial charge in [-0.1, -0.05) is 24.3 Å². The SMILES string of the molecule is CC(C)S(=O)(=O)c1ccc(-c2cncc3ccccc23)s1. The van der Waals surface area contributed by atoms with Crippen LogP contribution >= 0.6 is 11.3 Å². The van der Waals surface area contributed by atoms with Crippen molar-refractivity contribution >= 4 is 31.9 Å². The van der Waals surface area contributed by atoms with Gasteiger partial charge >= 0.3 is 0 Å². The second-order valence-electron chi connectivity index (χ2n) is 5.12. The van der Waals surface area contributed by atoms with E-state index in [0.717, 1.165) is 21.2 Å². The molecule has 3 aromatic rings. The molecule has 3 nitrogen and oxygen atoms in total. The lowest BCUT2D eigenvalue weighted by Gasteiger charge is -2.05. The lowest BCUT2D eigenvalue weighted by molar-refractivity contribution is 0.589. The van der Waals surface area contributed by atoms with Gasteiger partial charge in [0.15, 0.2) is 9.84 Å². The average Bonchev–Trinajstić information content (AvgIpc) is 2.97. The summed E-state index contributed by atoms with van der Waals surface area (Å²) in [5, 5.41) is 1.73. The summed E-state index contributed by atoms with van der Waals surface area (Å²) in [5.41, 5.74) is 0.975. The summed E-state index contributed by atoms with van der Waals surface area (Å²) < 4.78 is 24.9. The fourth-order valence-electron chi connectivity index (χ4n) is 2.16. The number of thiophene rings is 1. The molecule has 0 aliphatic rings. The zero-order chi connectivity index (χ0) is 15.0.